The Hall–Kier alpha value is -3.10. The van der Waals surface area contributed by atoms with Crippen LogP contribution in [0.3, 0.4) is 0 Å². The van der Waals surface area contributed by atoms with Gasteiger partial charge in [0.15, 0.2) is 10.4 Å². The van der Waals surface area contributed by atoms with Crippen LogP contribution in [0.2, 0.25) is 5.02 Å². The number of benzene rings is 2. The molecular weight excluding hydrogens is 474 g/mol. The lowest BCUT2D eigenvalue weighted by atomic mass is 10.2. The van der Waals surface area contributed by atoms with Crippen molar-refractivity contribution in [1.82, 2.24) is 10.6 Å². The van der Waals surface area contributed by atoms with Crippen LogP contribution in [-0.2, 0) is 0 Å². The van der Waals surface area contributed by atoms with Gasteiger partial charge in [-0.3, -0.25) is 14.4 Å². The van der Waals surface area contributed by atoms with Crippen molar-refractivity contribution in [1.29, 1.82) is 0 Å². The van der Waals surface area contributed by atoms with Crippen molar-refractivity contribution in [2.24, 2.45) is 0 Å². The molecular formula is C21H17BrClN3O4. The summed E-state index contributed by atoms with van der Waals surface area (Å²) in [7, 11) is 0. The number of hydrogen-bond acceptors (Lipinski definition) is 4. The number of anilines is 1. The van der Waals surface area contributed by atoms with Gasteiger partial charge < -0.3 is 20.4 Å². The van der Waals surface area contributed by atoms with Gasteiger partial charge in [-0.25, -0.2) is 0 Å². The highest BCUT2D eigenvalue weighted by molar-refractivity contribution is 9.10. The third-order valence-corrected chi connectivity index (χ3v) is 4.75. The smallest absolute Gasteiger partial charge is 0.291 e. The van der Waals surface area contributed by atoms with Gasteiger partial charge >= 0.3 is 0 Å². The number of hydrogen-bond donors (Lipinski definition) is 3. The van der Waals surface area contributed by atoms with E-state index in [1.165, 1.54) is 6.07 Å². The van der Waals surface area contributed by atoms with Gasteiger partial charge in [0.25, 0.3) is 17.7 Å². The lowest BCUT2D eigenvalue weighted by Crippen LogP contribution is -2.34. The van der Waals surface area contributed by atoms with Gasteiger partial charge in [-0.1, -0.05) is 29.8 Å². The van der Waals surface area contributed by atoms with Crippen LogP contribution in [-0.4, -0.2) is 30.8 Å². The molecule has 7 nitrogen and oxygen atoms in total. The minimum absolute atomic E-state index is 0.144. The molecule has 3 aromatic rings. The summed E-state index contributed by atoms with van der Waals surface area (Å²) in [6.07, 6.45) is 0. The molecule has 0 spiro atoms. The maximum absolute atomic E-state index is 12.3. The van der Waals surface area contributed by atoms with E-state index < -0.39 is 5.91 Å². The van der Waals surface area contributed by atoms with E-state index in [4.69, 9.17) is 16.0 Å². The van der Waals surface area contributed by atoms with Crippen LogP contribution in [0, 0.1) is 0 Å². The second kappa shape index (κ2) is 10.1. The molecule has 3 rings (SSSR count). The maximum atomic E-state index is 12.3. The van der Waals surface area contributed by atoms with Crippen molar-refractivity contribution in [3.05, 3.63) is 87.2 Å². The summed E-state index contributed by atoms with van der Waals surface area (Å²) in [5, 5.41) is 8.44. The summed E-state index contributed by atoms with van der Waals surface area (Å²) >= 11 is 9.12. The van der Waals surface area contributed by atoms with Crippen LogP contribution in [0.1, 0.15) is 31.3 Å². The molecule has 0 atom stereocenters. The average molecular weight is 491 g/mol. The Balaban J connectivity index is 1.50. The van der Waals surface area contributed by atoms with Crippen LogP contribution in [0.4, 0.5) is 5.69 Å². The first-order valence-corrected chi connectivity index (χ1v) is 10.1. The average Bonchev–Trinajstić information content (AvgIpc) is 3.18. The Morgan fingerprint density at radius 2 is 1.60 bits per heavy atom. The van der Waals surface area contributed by atoms with E-state index in [-0.39, 0.29) is 30.7 Å². The van der Waals surface area contributed by atoms with Gasteiger partial charge in [0.1, 0.15) is 0 Å². The first-order valence-electron chi connectivity index (χ1n) is 8.92. The van der Waals surface area contributed by atoms with Gasteiger partial charge in [-0.2, -0.15) is 0 Å². The fraction of sp³-hybridized carbons (Fsp3) is 0.0952. The van der Waals surface area contributed by atoms with E-state index in [9.17, 15) is 14.4 Å². The van der Waals surface area contributed by atoms with E-state index >= 15 is 0 Å². The second-order valence-electron chi connectivity index (χ2n) is 6.13. The van der Waals surface area contributed by atoms with Crippen molar-refractivity contribution in [2.75, 3.05) is 18.4 Å². The fourth-order valence-electron chi connectivity index (χ4n) is 2.56. The van der Waals surface area contributed by atoms with E-state index in [1.807, 2.05) is 0 Å². The second-order valence-corrected chi connectivity index (χ2v) is 7.32. The molecule has 154 valence electrons. The normalized spacial score (nSPS) is 10.3. The number of carbonyl (C=O) groups is 3. The third-order valence-electron chi connectivity index (χ3n) is 3.99. The first-order chi connectivity index (χ1) is 14.4. The predicted molar refractivity (Wildman–Crippen MR) is 117 cm³/mol. The molecule has 0 saturated heterocycles. The van der Waals surface area contributed by atoms with Crippen molar-refractivity contribution in [2.45, 2.75) is 0 Å². The quantitative estimate of drug-likeness (QED) is 0.434. The SMILES string of the molecule is O=C(NCCNC(=O)c1ccccc1Cl)c1cccc(NC(=O)c2ccc(Br)o2)c1. The van der Waals surface area contributed by atoms with Crippen LogP contribution in [0.15, 0.2) is 69.8 Å². The monoisotopic (exact) mass is 489 g/mol. The zero-order chi connectivity index (χ0) is 21.5. The molecule has 0 aliphatic carbocycles. The van der Waals surface area contributed by atoms with Crippen LogP contribution in [0.25, 0.3) is 0 Å². The largest absolute Gasteiger partial charge is 0.444 e. The predicted octanol–water partition coefficient (Wildman–Crippen LogP) is 4.11. The highest BCUT2D eigenvalue weighted by Gasteiger charge is 2.13. The summed E-state index contributed by atoms with van der Waals surface area (Å²) in [6, 6.07) is 16.4. The number of amides is 3. The van der Waals surface area contributed by atoms with Crippen LogP contribution >= 0.6 is 27.5 Å². The Labute approximate surface area is 185 Å². The molecule has 0 fully saturated rings. The molecule has 0 saturated carbocycles. The molecule has 3 amide bonds. The number of nitrogens with one attached hydrogen (secondary N) is 3. The number of halogens is 2. The Kier molecular flexibility index (Phi) is 7.26. The molecule has 0 radical (unpaired) electrons. The van der Waals surface area contributed by atoms with E-state index in [0.29, 0.717) is 26.5 Å². The van der Waals surface area contributed by atoms with Gasteiger partial charge in [-0.15, -0.1) is 0 Å². The number of rotatable bonds is 7. The summed E-state index contributed by atoms with van der Waals surface area (Å²) in [4.78, 5) is 36.6. The topological polar surface area (TPSA) is 100 Å². The van der Waals surface area contributed by atoms with Crippen molar-refractivity contribution in [3.8, 4) is 0 Å². The first kappa shape index (κ1) is 21.6. The summed E-state index contributed by atoms with van der Waals surface area (Å²) in [5.41, 5.74) is 1.19. The molecule has 30 heavy (non-hydrogen) atoms. The maximum Gasteiger partial charge on any atom is 0.291 e. The molecule has 0 aliphatic rings. The minimum Gasteiger partial charge on any atom is -0.444 e. The lowest BCUT2D eigenvalue weighted by Gasteiger charge is -2.09. The Morgan fingerprint density at radius 1 is 0.867 bits per heavy atom. The van der Waals surface area contributed by atoms with Crippen LogP contribution < -0.4 is 16.0 Å². The Morgan fingerprint density at radius 3 is 2.30 bits per heavy atom. The summed E-state index contributed by atoms with van der Waals surface area (Å²) in [6.45, 7) is 0.464. The fourth-order valence-corrected chi connectivity index (χ4v) is 3.09. The summed E-state index contributed by atoms with van der Waals surface area (Å²) in [5.74, 6) is -0.936. The summed E-state index contributed by atoms with van der Waals surface area (Å²) < 4.78 is 5.65. The molecule has 2 aromatic carbocycles. The van der Waals surface area contributed by atoms with Gasteiger partial charge in [-0.05, 0) is 58.4 Å². The van der Waals surface area contributed by atoms with Crippen molar-refractivity contribution in [3.63, 3.8) is 0 Å². The van der Waals surface area contributed by atoms with Gasteiger partial charge in [0.05, 0.1) is 10.6 Å². The molecule has 0 bridgehead atoms. The minimum atomic E-state index is -0.430. The van der Waals surface area contributed by atoms with Crippen molar-refractivity contribution < 1.29 is 18.8 Å². The van der Waals surface area contributed by atoms with E-state index in [2.05, 4.69) is 31.9 Å². The molecule has 1 aromatic heterocycles. The molecule has 0 unspecified atom stereocenters. The Bertz CT molecular complexity index is 1080. The zero-order valence-electron chi connectivity index (χ0n) is 15.6. The molecule has 0 aliphatic heterocycles. The van der Waals surface area contributed by atoms with Gasteiger partial charge in [0.2, 0.25) is 0 Å². The standard InChI is InChI=1S/C21H17BrClN3O4/c22-18-9-8-17(30-18)21(29)26-14-5-3-4-13(12-14)19(27)24-10-11-25-20(28)15-6-1-2-7-16(15)23/h1-9,12H,10-11H2,(H,24,27)(H,25,28)(H,26,29). The third kappa shape index (κ3) is 5.71. The van der Waals surface area contributed by atoms with Gasteiger partial charge in [0, 0.05) is 24.3 Å². The molecule has 1 heterocycles. The van der Waals surface area contributed by atoms with E-state index in [0.717, 1.165) is 0 Å². The molecule has 3 N–H and O–H groups in total. The zero-order valence-corrected chi connectivity index (χ0v) is 17.9. The number of carbonyl (C=O) groups excluding carboxylic acids is 3. The number of furan rings is 1. The molecule has 9 heteroatoms. The van der Waals surface area contributed by atoms with Crippen molar-refractivity contribution >= 4 is 50.9 Å². The lowest BCUT2D eigenvalue weighted by molar-refractivity contribution is 0.0927. The van der Waals surface area contributed by atoms with E-state index in [1.54, 1.807) is 54.6 Å². The highest BCUT2D eigenvalue weighted by atomic mass is 79.9. The highest BCUT2D eigenvalue weighted by Crippen LogP contribution is 2.17. The van der Waals surface area contributed by atoms with Crippen LogP contribution in [0.5, 0.6) is 0 Å².